The zero-order valence-electron chi connectivity index (χ0n) is 13.9. The highest BCUT2D eigenvalue weighted by atomic mass is 32.1. The molecule has 128 valence electrons. The Labute approximate surface area is 149 Å². The highest BCUT2D eigenvalue weighted by Crippen LogP contribution is 2.32. The van der Waals surface area contributed by atoms with Gasteiger partial charge in [0.25, 0.3) is 0 Å². The summed E-state index contributed by atoms with van der Waals surface area (Å²) in [5.41, 5.74) is 2.32. The highest BCUT2D eigenvalue weighted by molar-refractivity contribution is 7.13. The van der Waals surface area contributed by atoms with Crippen LogP contribution in [-0.2, 0) is 4.79 Å². The van der Waals surface area contributed by atoms with Crippen molar-refractivity contribution in [2.24, 2.45) is 0 Å². The van der Waals surface area contributed by atoms with E-state index in [9.17, 15) is 9.18 Å². The van der Waals surface area contributed by atoms with Crippen molar-refractivity contribution in [3.8, 4) is 27.6 Å². The third-order valence-electron chi connectivity index (χ3n) is 3.46. The monoisotopic (exact) mass is 356 g/mol. The molecule has 0 atom stereocenters. The number of thiazole rings is 1. The lowest BCUT2D eigenvalue weighted by Crippen LogP contribution is -2.05. The number of carbonyl (C=O) groups excluding carboxylic acids is 1. The van der Waals surface area contributed by atoms with Gasteiger partial charge in [0, 0.05) is 29.1 Å². The van der Waals surface area contributed by atoms with Crippen molar-refractivity contribution in [3.05, 3.63) is 53.7 Å². The van der Waals surface area contributed by atoms with Crippen LogP contribution in [0.3, 0.4) is 0 Å². The Morgan fingerprint density at radius 1 is 1.28 bits per heavy atom. The Bertz CT molecular complexity index is 908. The fraction of sp³-hybridized carbons (Fsp3) is 0.158. The molecule has 0 aliphatic rings. The summed E-state index contributed by atoms with van der Waals surface area (Å²) < 4.78 is 19.9. The quantitative estimate of drug-likeness (QED) is 0.702. The van der Waals surface area contributed by atoms with E-state index in [-0.39, 0.29) is 5.91 Å². The fourth-order valence-electron chi connectivity index (χ4n) is 2.42. The molecule has 1 heterocycles. The minimum Gasteiger partial charge on any atom is -0.494 e. The minimum atomic E-state index is -0.425. The predicted octanol–water partition coefficient (Wildman–Crippen LogP) is 4.97. The molecule has 0 radical (unpaired) electrons. The van der Waals surface area contributed by atoms with Crippen molar-refractivity contribution in [3.63, 3.8) is 0 Å². The number of nitrogens with zero attached hydrogens (tertiary/aromatic N) is 1. The average Bonchev–Trinajstić information content (AvgIpc) is 3.05. The summed E-state index contributed by atoms with van der Waals surface area (Å²) in [6, 6.07) is 12.2. The molecule has 0 aliphatic heterocycles. The van der Waals surface area contributed by atoms with Crippen molar-refractivity contribution in [2.75, 3.05) is 11.9 Å². The van der Waals surface area contributed by atoms with Gasteiger partial charge in [0.1, 0.15) is 16.6 Å². The van der Waals surface area contributed by atoms with E-state index in [1.54, 1.807) is 12.1 Å². The maximum Gasteiger partial charge on any atom is 0.221 e. The molecule has 4 nitrogen and oxygen atoms in total. The summed E-state index contributed by atoms with van der Waals surface area (Å²) >= 11 is 1.44. The van der Waals surface area contributed by atoms with Gasteiger partial charge in [-0.05, 0) is 37.3 Å². The van der Waals surface area contributed by atoms with Crippen LogP contribution in [0.4, 0.5) is 10.1 Å². The molecule has 0 spiro atoms. The fourth-order valence-corrected chi connectivity index (χ4v) is 3.24. The first-order valence-electron chi connectivity index (χ1n) is 7.83. The zero-order valence-corrected chi connectivity index (χ0v) is 14.7. The lowest BCUT2D eigenvalue weighted by Gasteiger charge is -2.05. The summed E-state index contributed by atoms with van der Waals surface area (Å²) in [6.45, 7) is 3.91. The summed E-state index contributed by atoms with van der Waals surface area (Å²) in [6.07, 6.45) is 0. The molecule has 0 aliphatic carbocycles. The van der Waals surface area contributed by atoms with Gasteiger partial charge in [0.05, 0.1) is 12.3 Å². The van der Waals surface area contributed by atoms with E-state index in [1.165, 1.54) is 24.3 Å². The third-order valence-corrected chi connectivity index (χ3v) is 4.35. The van der Waals surface area contributed by atoms with Gasteiger partial charge in [-0.2, -0.15) is 0 Å². The largest absolute Gasteiger partial charge is 0.494 e. The number of aromatic nitrogens is 1. The normalized spacial score (nSPS) is 10.5. The van der Waals surface area contributed by atoms with Crippen molar-refractivity contribution < 1.29 is 13.9 Å². The van der Waals surface area contributed by atoms with Crippen LogP contribution in [-0.4, -0.2) is 17.5 Å². The molecule has 1 aromatic heterocycles. The number of ether oxygens (including phenoxy) is 1. The van der Waals surface area contributed by atoms with Crippen LogP contribution in [0.5, 0.6) is 5.75 Å². The SMILES string of the molecule is CCOc1cccc(-c2nc(-c3ccc(NC(C)=O)cc3F)cs2)c1. The van der Waals surface area contributed by atoms with Gasteiger partial charge in [-0.1, -0.05) is 12.1 Å². The Morgan fingerprint density at radius 2 is 2.12 bits per heavy atom. The smallest absolute Gasteiger partial charge is 0.221 e. The van der Waals surface area contributed by atoms with E-state index >= 15 is 0 Å². The molecule has 2 aromatic carbocycles. The molecule has 6 heteroatoms. The van der Waals surface area contributed by atoms with Gasteiger partial charge in [-0.25, -0.2) is 9.37 Å². The molecular formula is C19H17FN2O2S. The van der Waals surface area contributed by atoms with Gasteiger partial charge in [0.2, 0.25) is 5.91 Å². The number of carbonyl (C=O) groups is 1. The second-order valence-corrected chi connectivity index (χ2v) is 6.23. The maximum atomic E-state index is 14.4. The number of rotatable bonds is 5. The summed E-state index contributed by atoms with van der Waals surface area (Å²) in [7, 11) is 0. The van der Waals surface area contributed by atoms with Crippen LogP contribution in [0, 0.1) is 5.82 Å². The Kier molecular flexibility index (Phi) is 5.09. The highest BCUT2D eigenvalue weighted by Gasteiger charge is 2.12. The van der Waals surface area contributed by atoms with Crippen LogP contribution >= 0.6 is 11.3 Å². The standard InChI is InChI=1S/C19H17FN2O2S/c1-3-24-15-6-4-5-13(9-15)19-22-18(11-25-19)16-8-7-14(10-17(16)20)21-12(2)23/h4-11H,3H2,1-2H3,(H,21,23). The maximum absolute atomic E-state index is 14.4. The molecular weight excluding hydrogens is 339 g/mol. The molecule has 1 amide bonds. The van der Waals surface area contributed by atoms with E-state index in [0.29, 0.717) is 23.6 Å². The summed E-state index contributed by atoms with van der Waals surface area (Å²) in [5, 5.41) is 5.17. The Hall–Kier alpha value is -2.73. The van der Waals surface area contributed by atoms with Gasteiger partial charge in [-0.3, -0.25) is 4.79 Å². The number of amides is 1. The lowest BCUT2D eigenvalue weighted by molar-refractivity contribution is -0.114. The molecule has 1 N–H and O–H groups in total. The Balaban J connectivity index is 1.89. The molecule has 0 fully saturated rings. The first kappa shape index (κ1) is 17.1. The molecule has 3 aromatic rings. The number of nitrogens with one attached hydrogen (secondary N) is 1. The molecule has 0 unspecified atom stereocenters. The second-order valence-electron chi connectivity index (χ2n) is 5.37. The van der Waals surface area contributed by atoms with Crippen molar-refractivity contribution in [2.45, 2.75) is 13.8 Å². The van der Waals surface area contributed by atoms with E-state index in [4.69, 9.17) is 4.74 Å². The number of hydrogen-bond donors (Lipinski definition) is 1. The number of halogens is 1. The average molecular weight is 356 g/mol. The lowest BCUT2D eigenvalue weighted by atomic mass is 10.1. The number of hydrogen-bond acceptors (Lipinski definition) is 4. The number of anilines is 1. The van der Waals surface area contributed by atoms with E-state index in [1.807, 2.05) is 36.6 Å². The minimum absolute atomic E-state index is 0.239. The zero-order chi connectivity index (χ0) is 17.8. The van der Waals surface area contributed by atoms with E-state index in [0.717, 1.165) is 16.3 Å². The van der Waals surface area contributed by atoms with Gasteiger partial charge < -0.3 is 10.1 Å². The van der Waals surface area contributed by atoms with Gasteiger partial charge in [0.15, 0.2) is 0 Å². The van der Waals surface area contributed by atoms with E-state index < -0.39 is 5.82 Å². The van der Waals surface area contributed by atoms with Crippen molar-refractivity contribution in [1.82, 2.24) is 4.98 Å². The van der Waals surface area contributed by atoms with Crippen LogP contribution < -0.4 is 10.1 Å². The van der Waals surface area contributed by atoms with Crippen LogP contribution in [0.25, 0.3) is 21.8 Å². The topological polar surface area (TPSA) is 51.2 Å². The van der Waals surface area contributed by atoms with Crippen LogP contribution in [0.1, 0.15) is 13.8 Å². The first-order chi connectivity index (χ1) is 12.1. The summed E-state index contributed by atoms with van der Waals surface area (Å²) in [5.74, 6) is 0.117. The van der Waals surface area contributed by atoms with Crippen molar-refractivity contribution >= 4 is 22.9 Å². The molecule has 25 heavy (non-hydrogen) atoms. The van der Waals surface area contributed by atoms with Crippen molar-refractivity contribution in [1.29, 1.82) is 0 Å². The molecule has 0 saturated heterocycles. The predicted molar refractivity (Wildman–Crippen MR) is 98.4 cm³/mol. The van der Waals surface area contributed by atoms with Crippen LogP contribution in [0.2, 0.25) is 0 Å². The Morgan fingerprint density at radius 3 is 2.84 bits per heavy atom. The molecule has 3 rings (SSSR count). The van der Waals surface area contributed by atoms with Gasteiger partial charge >= 0.3 is 0 Å². The first-order valence-corrected chi connectivity index (χ1v) is 8.71. The molecule has 0 saturated carbocycles. The molecule has 0 bridgehead atoms. The third kappa shape index (κ3) is 4.03. The van der Waals surface area contributed by atoms with E-state index in [2.05, 4.69) is 10.3 Å². The number of benzene rings is 2. The second kappa shape index (κ2) is 7.44. The van der Waals surface area contributed by atoms with Gasteiger partial charge in [-0.15, -0.1) is 11.3 Å². The summed E-state index contributed by atoms with van der Waals surface area (Å²) in [4.78, 5) is 15.6. The van der Waals surface area contributed by atoms with Crippen LogP contribution in [0.15, 0.2) is 47.8 Å².